The van der Waals surface area contributed by atoms with Gasteiger partial charge < -0.3 is 15.8 Å². The van der Waals surface area contributed by atoms with Crippen LogP contribution >= 0.6 is 11.3 Å². The molecule has 2 aromatic heterocycles. The van der Waals surface area contributed by atoms with Crippen LogP contribution in [-0.2, 0) is 11.3 Å². The van der Waals surface area contributed by atoms with Crippen LogP contribution in [0.1, 0.15) is 0 Å². The van der Waals surface area contributed by atoms with Crippen LogP contribution in [0.15, 0.2) is 24.5 Å². The number of carbonyl (C=O) groups is 1. The van der Waals surface area contributed by atoms with Crippen LogP contribution in [0.5, 0.6) is 5.75 Å². The Hall–Kier alpha value is -2.68. The maximum absolute atomic E-state index is 11.9. The highest BCUT2D eigenvalue weighted by Gasteiger charge is 2.10. The number of hydrogen-bond donors (Lipinski definition) is 2. The number of fused-ring (bicyclic) bond motifs is 1. The lowest BCUT2D eigenvalue weighted by Crippen LogP contribution is -2.19. The minimum absolute atomic E-state index is 0.0312. The maximum Gasteiger partial charge on any atom is 0.247 e. The molecule has 108 valence electrons. The van der Waals surface area contributed by atoms with Gasteiger partial charge in [-0.1, -0.05) is 11.3 Å². The normalized spacial score (nSPS) is 10.7. The molecule has 0 radical (unpaired) electrons. The van der Waals surface area contributed by atoms with Crippen LogP contribution < -0.4 is 15.8 Å². The molecule has 9 heteroatoms. The number of ether oxygens (including phenoxy) is 1. The third kappa shape index (κ3) is 2.92. The van der Waals surface area contributed by atoms with Crippen molar-refractivity contribution in [2.45, 2.75) is 6.54 Å². The standard InChI is InChI=1S/C12H12N6O2S/c1-20-7-2-3-8-9(4-7)21-12(15-8)16-10(19)5-18-6-14-11(13)17-18/h2-4,6H,5H2,1H3,(H2,13,17)(H,15,16,19). The number of rotatable bonds is 4. The van der Waals surface area contributed by atoms with Crippen molar-refractivity contribution >= 4 is 38.5 Å². The second-order valence-corrected chi connectivity index (χ2v) is 5.23. The summed E-state index contributed by atoms with van der Waals surface area (Å²) in [6.07, 6.45) is 1.40. The van der Waals surface area contributed by atoms with Crippen molar-refractivity contribution in [2.24, 2.45) is 0 Å². The van der Waals surface area contributed by atoms with E-state index in [1.165, 1.54) is 22.3 Å². The molecule has 0 fully saturated rings. The van der Waals surface area contributed by atoms with E-state index in [0.717, 1.165) is 16.0 Å². The average Bonchev–Trinajstić information content (AvgIpc) is 3.03. The molecule has 1 aromatic carbocycles. The minimum atomic E-state index is -0.245. The van der Waals surface area contributed by atoms with Crippen LogP contribution in [0.3, 0.4) is 0 Å². The van der Waals surface area contributed by atoms with Crippen LogP contribution in [0.2, 0.25) is 0 Å². The van der Waals surface area contributed by atoms with E-state index in [4.69, 9.17) is 10.5 Å². The summed E-state index contributed by atoms with van der Waals surface area (Å²) in [4.78, 5) is 20.0. The smallest absolute Gasteiger partial charge is 0.247 e. The predicted molar refractivity (Wildman–Crippen MR) is 79.2 cm³/mol. The van der Waals surface area contributed by atoms with Gasteiger partial charge in [0.15, 0.2) is 5.13 Å². The second kappa shape index (κ2) is 5.37. The van der Waals surface area contributed by atoms with Crippen LogP contribution in [0, 0.1) is 0 Å². The average molecular weight is 304 g/mol. The number of aromatic nitrogens is 4. The summed E-state index contributed by atoms with van der Waals surface area (Å²) < 4.78 is 7.46. The van der Waals surface area contributed by atoms with E-state index in [1.807, 2.05) is 18.2 Å². The van der Waals surface area contributed by atoms with E-state index in [0.29, 0.717) is 5.13 Å². The molecule has 1 amide bonds. The zero-order chi connectivity index (χ0) is 14.8. The topological polar surface area (TPSA) is 108 Å². The number of nitrogens with one attached hydrogen (secondary N) is 1. The van der Waals surface area contributed by atoms with Gasteiger partial charge in [0.2, 0.25) is 11.9 Å². The van der Waals surface area contributed by atoms with Gasteiger partial charge in [0, 0.05) is 0 Å². The van der Waals surface area contributed by atoms with Crippen LogP contribution in [0.25, 0.3) is 10.2 Å². The fraction of sp³-hybridized carbons (Fsp3) is 0.167. The van der Waals surface area contributed by atoms with E-state index in [9.17, 15) is 4.79 Å². The molecule has 21 heavy (non-hydrogen) atoms. The highest BCUT2D eigenvalue weighted by molar-refractivity contribution is 7.22. The van der Waals surface area contributed by atoms with Crippen molar-refractivity contribution < 1.29 is 9.53 Å². The highest BCUT2D eigenvalue weighted by Crippen LogP contribution is 2.29. The lowest BCUT2D eigenvalue weighted by atomic mass is 10.3. The van der Waals surface area contributed by atoms with Crippen molar-refractivity contribution in [2.75, 3.05) is 18.2 Å². The number of methoxy groups -OCH3 is 1. The first-order valence-corrected chi connectivity index (χ1v) is 6.85. The fourth-order valence-corrected chi connectivity index (χ4v) is 2.69. The Bertz CT molecular complexity index is 796. The lowest BCUT2D eigenvalue weighted by Gasteiger charge is -2.00. The number of thiazole rings is 1. The molecular formula is C12H12N6O2S. The summed E-state index contributed by atoms with van der Waals surface area (Å²) >= 11 is 1.38. The summed E-state index contributed by atoms with van der Waals surface area (Å²) in [6, 6.07) is 5.55. The molecule has 0 aliphatic rings. The van der Waals surface area contributed by atoms with Crippen molar-refractivity contribution in [1.82, 2.24) is 19.7 Å². The molecule has 0 saturated heterocycles. The first kappa shape index (κ1) is 13.3. The van der Waals surface area contributed by atoms with Crippen molar-refractivity contribution in [3.8, 4) is 5.75 Å². The number of nitrogen functional groups attached to an aromatic ring is 1. The molecule has 0 saturated carbocycles. The molecule has 0 atom stereocenters. The van der Waals surface area contributed by atoms with Gasteiger partial charge in [-0.05, 0) is 18.2 Å². The Kier molecular flexibility index (Phi) is 3.40. The van der Waals surface area contributed by atoms with Gasteiger partial charge in [-0.3, -0.25) is 4.79 Å². The van der Waals surface area contributed by atoms with Crippen LogP contribution in [-0.4, -0.2) is 32.8 Å². The Morgan fingerprint density at radius 3 is 3.10 bits per heavy atom. The van der Waals surface area contributed by atoms with Crippen molar-refractivity contribution in [3.63, 3.8) is 0 Å². The summed E-state index contributed by atoms with van der Waals surface area (Å²) in [5, 5.41) is 7.10. The zero-order valence-electron chi connectivity index (χ0n) is 11.1. The number of benzene rings is 1. The van der Waals surface area contributed by atoms with Crippen LogP contribution in [0.4, 0.5) is 11.1 Å². The molecule has 0 unspecified atom stereocenters. The monoisotopic (exact) mass is 304 g/mol. The van der Waals surface area contributed by atoms with Crippen molar-refractivity contribution in [1.29, 1.82) is 0 Å². The molecule has 3 aromatic rings. The van der Waals surface area contributed by atoms with Gasteiger partial charge in [-0.15, -0.1) is 5.10 Å². The van der Waals surface area contributed by atoms with E-state index in [1.54, 1.807) is 7.11 Å². The molecule has 3 rings (SSSR count). The van der Waals surface area contributed by atoms with Gasteiger partial charge in [0.05, 0.1) is 17.3 Å². The molecule has 2 heterocycles. The fourth-order valence-electron chi connectivity index (χ4n) is 1.78. The third-order valence-corrected chi connectivity index (χ3v) is 3.64. The molecule has 0 aliphatic carbocycles. The molecule has 8 nitrogen and oxygen atoms in total. The van der Waals surface area contributed by atoms with E-state index in [2.05, 4.69) is 20.4 Å². The summed E-state index contributed by atoms with van der Waals surface area (Å²) in [7, 11) is 1.61. The minimum Gasteiger partial charge on any atom is -0.497 e. The lowest BCUT2D eigenvalue weighted by molar-refractivity contribution is -0.116. The Balaban J connectivity index is 1.73. The van der Waals surface area contributed by atoms with Gasteiger partial charge in [0.25, 0.3) is 0 Å². The zero-order valence-corrected chi connectivity index (χ0v) is 11.9. The molecule has 0 spiro atoms. The highest BCUT2D eigenvalue weighted by atomic mass is 32.1. The number of hydrogen-bond acceptors (Lipinski definition) is 7. The van der Waals surface area contributed by atoms with E-state index >= 15 is 0 Å². The third-order valence-electron chi connectivity index (χ3n) is 2.70. The van der Waals surface area contributed by atoms with Crippen molar-refractivity contribution in [3.05, 3.63) is 24.5 Å². The number of nitrogens with zero attached hydrogens (tertiary/aromatic N) is 4. The molecular weight excluding hydrogens is 292 g/mol. The Morgan fingerprint density at radius 1 is 1.52 bits per heavy atom. The van der Waals surface area contributed by atoms with Gasteiger partial charge in [-0.25, -0.2) is 14.6 Å². The van der Waals surface area contributed by atoms with Gasteiger partial charge in [0.1, 0.15) is 18.6 Å². The maximum atomic E-state index is 11.9. The van der Waals surface area contributed by atoms with E-state index < -0.39 is 0 Å². The largest absolute Gasteiger partial charge is 0.497 e. The number of anilines is 2. The first-order chi connectivity index (χ1) is 10.1. The SMILES string of the molecule is COc1ccc2nc(NC(=O)Cn3cnc(N)n3)sc2c1. The summed E-state index contributed by atoms with van der Waals surface area (Å²) in [5.74, 6) is 0.642. The second-order valence-electron chi connectivity index (χ2n) is 4.20. The Morgan fingerprint density at radius 2 is 2.38 bits per heavy atom. The molecule has 3 N–H and O–H groups in total. The quantitative estimate of drug-likeness (QED) is 0.747. The number of carbonyl (C=O) groups excluding carboxylic acids is 1. The van der Waals surface area contributed by atoms with E-state index in [-0.39, 0.29) is 18.4 Å². The summed E-state index contributed by atoms with van der Waals surface area (Å²) in [6.45, 7) is 0.0312. The Labute approximate surface area is 123 Å². The molecule has 0 bridgehead atoms. The first-order valence-electron chi connectivity index (χ1n) is 6.03. The number of nitrogens with two attached hydrogens (primary N) is 1. The molecule has 0 aliphatic heterocycles. The van der Waals surface area contributed by atoms with Gasteiger partial charge in [-0.2, -0.15) is 0 Å². The number of amides is 1. The predicted octanol–water partition coefficient (Wildman–Crippen LogP) is 1.12. The van der Waals surface area contributed by atoms with Gasteiger partial charge >= 0.3 is 0 Å². The summed E-state index contributed by atoms with van der Waals surface area (Å²) in [5.41, 5.74) is 6.19.